The number of carbonyl (C=O) groups is 1. The molecule has 0 fully saturated rings. The van der Waals surface area contributed by atoms with E-state index >= 15 is 0 Å². The second-order valence-electron chi connectivity index (χ2n) is 5.95. The lowest BCUT2D eigenvalue weighted by Gasteiger charge is -2.15. The standard InChI is InChI=1S/C18H23N5O2S/c1-12-16(26-11-23-12)17(24)20-7-8-21-18(19-2)22-10-14-9-13-5-3-4-6-15(13)25-14/h3-6,11,14H,7-10H2,1-2H3,(H,20,24)(H2,19,21,22). The summed E-state index contributed by atoms with van der Waals surface area (Å²) in [6.07, 6.45) is 0.990. The van der Waals surface area contributed by atoms with Crippen LogP contribution in [0, 0.1) is 6.92 Å². The van der Waals surface area contributed by atoms with Crippen molar-refractivity contribution in [1.82, 2.24) is 20.9 Å². The monoisotopic (exact) mass is 373 g/mol. The average molecular weight is 373 g/mol. The number of para-hydroxylation sites is 1. The van der Waals surface area contributed by atoms with Crippen LogP contribution in [-0.4, -0.2) is 49.6 Å². The van der Waals surface area contributed by atoms with Crippen molar-refractivity contribution in [2.24, 2.45) is 4.99 Å². The molecule has 138 valence electrons. The molecule has 0 radical (unpaired) electrons. The zero-order chi connectivity index (χ0) is 18.4. The van der Waals surface area contributed by atoms with Gasteiger partial charge < -0.3 is 20.7 Å². The Morgan fingerprint density at radius 1 is 1.31 bits per heavy atom. The maximum atomic E-state index is 12.0. The molecule has 0 saturated carbocycles. The molecular weight excluding hydrogens is 350 g/mol. The van der Waals surface area contributed by atoms with Crippen LogP contribution in [0.2, 0.25) is 0 Å². The summed E-state index contributed by atoms with van der Waals surface area (Å²) in [7, 11) is 1.72. The predicted octanol–water partition coefficient (Wildman–Crippen LogP) is 1.35. The number of thiazole rings is 1. The number of hydrogen-bond acceptors (Lipinski definition) is 5. The molecule has 0 saturated heterocycles. The fourth-order valence-electron chi connectivity index (χ4n) is 2.76. The van der Waals surface area contributed by atoms with Gasteiger partial charge in [-0.25, -0.2) is 4.98 Å². The van der Waals surface area contributed by atoms with E-state index in [1.807, 2.05) is 25.1 Å². The first-order chi connectivity index (χ1) is 12.7. The van der Waals surface area contributed by atoms with Gasteiger partial charge in [0, 0.05) is 26.6 Å². The van der Waals surface area contributed by atoms with Gasteiger partial charge in [0.25, 0.3) is 5.91 Å². The average Bonchev–Trinajstić information content (AvgIpc) is 3.26. The molecule has 7 nitrogen and oxygen atoms in total. The highest BCUT2D eigenvalue weighted by molar-refractivity contribution is 7.11. The van der Waals surface area contributed by atoms with E-state index in [1.54, 1.807) is 12.6 Å². The number of fused-ring (bicyclic) bond motifs is 1. The van der Waals surface area contributed by atoms with E-state index < -0.39 is 0 Å². The largest absolute Gasteiger partial charge is 0.488 e. The van der Waals surface area contributed by atoms with Gasteiger partial charge in [0.2, 0.25) is 0 Å². The number of carbonyl (C=O) groups excluding carboxylic acids is 1. The van der Waals surface area contributed by atoms with E-state index in [1.165, 1.54) is 16.9 Å². The number of rotatable bonds is 6. The van der Waals surface area contributed by atoms with Crippen LogP contribution >= 0.6 is 11.3 Å². The highest BCUT2D eigenvalue weighted by Gasteiger charge is 2.22. The Morgan fingerprint density at radius 2 is 2.12 bits per heavy atom. The number of amides is 1. The van der Waals surface area contributed by atoms with E-state index in [-0.39, 0.29) is 12.0 Å². The van der Waals surface area contributed by atoms with Gasteiger partial charge in [0.15, 0.2) is 5.96 Å². The minimum atomic E-state index is -0.0909. The summed E-state index contributed by atoms with van der Waals surface area (Å²) in [4.78, 5) is 21.0. The quantitative estimate of drug-likeness (QED) is 0.404. The highest BCUT2D eigenvalue weighted by atomic mass is 32.1. The van der Waals surface area contributed by atoms with Crippen molar-refractivity contribution in [3.63, 3.8) is 0 Å². The van der Waals surface area contributed by atoms with Gasteiger partial charge in [-0.15, -0.1) is 11.3 Å². The van der Waals surface area contributed by atoms with Crippen LogP contribution < -0.4 is 20.7 Å². The van der Waals surface area contributed by atoms with Crippen LogP contribution in [0.4, 0.5) is 0 Å². The first kappa shape index (κ1) is 18.2. The van der Waals surface area contributed by atoms with Gasteiger partial charge >= 0.3 is 0 Å². The highest BCUT2D eigenvalue weighted by Crippen LogP contribution is 2.27. The molecule has 1 aromatic heterocycles. The molecule has 1 aromatic carbocycles. The third-order valence-electron chi connectivity index (χ3n) is 4.09. The van der Waals surface area contributed by atoms with E-state index in [2.05, 4.69) is 32.0 Å². The number of aryl methyl sites for hydroxylation is 1. The molecule has 2 heterocycles. The summed E-state index contributed by atoms with van der Waals surface area (Å²) < 4.78 is 5.90. The molecule has 0 aliphatic carbocycles. The second kappa shape index (κ2) is 8.66. The Morgan fingerprint density at radius 3 is 2.85 bits per heavy atom. The summed E-state index contributed by atoms with van der Waals surface area (Å²) in [5.41, 5.74) is 3.68. The predicted molar refractivity (Wildman–Crippen MR) is 103 cm³/mol. The molecule has 1 atom stereocenters. The second-order valence-corrected chi connectivity index (χ2v) is 6.81. The van der Waals surface area contributed by atoms with E-state index in [0.29, 0.717) is 30.5 Å². The van der Waals surface area contributed by atoms with Crippen LogP contribution in [-0.2, 0) is 6.42 Å². The van der Waals surface area contributed by atoms with Gasteiger partial charge in [0.05, 0.1) is 17.7 Å². The summed E-state index contributed by atoms with van der Waals surface area (Å²) in [6.45, 7) is 3.58. The first-order valence-corrected chi connectivity index (χ1v) is 9.42. The number of aromatic nitrogens is 1. The molecule has 3 N–H and O–H groups in total. The van der Waals surface area contributed by atoms with Crippen molar-refractivity contribution < 1.29 is 9.53 Å². The van der Waals surface area contributed by atoms with E-state index in [0.717, 1.165) is 17.9 Å². The van der Waals surface area contributed by atoms with Gasteiger partial charge in [-0.2, -0.15) is 0 Å². The minimum absolute atomic E-state index is 0.0909. The Labute approximate surface area is 156 Å². The zero-order valence-electron chi connectivity index (χ0n) is 14.9. The van der Waals surface area contributed by atoms with Gasteiger partial charge in [-0.1, -0.05) is 18.2 Å². The third kappa shape index (κ3) is 4.51. The van der Waals surface area contributed by atoms with Crippen LogP contribution in [0.3, 0.4) is 0 Å². The third-order valence-corrected chi connectivity index (χ3v) is 5.02. The molecule has 0 bridgehead atoms. The summed E-state index contributed by atoms with van der Waals surface area (Å²) >= 11 is 1.35. The lowest BCUT2D eigenvalue weighted by Crippen LogP contribution is -2.44. The minimum Gasteiger partial charge on any atom is -0.488 e. The molecule has 3 rings (SSSR count). The van der Waals surface area contributed by atoms with Crippen molar-refractivity contribution >= 4 is 23.2 Å². The van der Waals surface area contributed by atoms with Gasteiger partial charge in [-0.05, 0) is 18.6 Å². The van der Waals surface area contributed by atoms with E-state index in [9.17, 15) is 4.79 Å². The van der Waals surface area contributed by atoms with Crippen molar-refractivity contribution in [1.29, 1.82) is 0 Å². The van der Waals surface area contributed by atoms with Gasteiger partial charge in [0.1, 0.15) is 16.7 Å². The smallest absolute Gasteiger partial charge is 0.263 e. The summed E-state index contributed by atoms with van der Waals surface area (Å²) in [5, 5.41) is 9.33. The normalized spacial score (nSPS) is 15.9. The SMILES string of the molecule is CN=C(NCCNC(=O)c1scnc1C)NCC1Cc2ccccc2O1. The van der Waals surface area contributed by atoms with Crippen LogP contribution in [0.25, 0.3) is 0 Å². The number of hydrogen-bond donors (Lipinski definition) is 3. The fraction of sp³-hybridized carbons (Fsp3) is 0.389. The molecular formula is C18H23N5O2S. The Bertz CT molecular complexity index is 764. The maximum absolute atomic E-state index is 12.0. The lowest BCUT2D eigenvalue weighted by molar-refractivity contribution is 0.0957. The molecule has 1 amide bonds. The number of nitrogens with one attached hydrogen (secondary N) is 3. The summed E-state index contributed by atoms with van der Waals surface area (Å²) in [5.74, 6) is 1.56. The molecule has 2 aromatic rings. The van der Waals surface area contributed by atoms with Crippen LogP contribution in [0.15, 0.2) is 34.8 Å². The van der Waals surface area contributed by atoms with E-state index in [4.69, 9.17) is 4.74 Å². The van der Waals surface area contributed by atoms with Crippen LogP contribution in [0.5, 0.6) is 5.75 Å². The molecule has 1 aliphatic rings. The molecule has 8 heteroatoms. The lowest BCUT2D eigenvalue weighted by atomic mass is 10.1. The van der Waals surface area contributed by atoms with Crippen molar-refractivity contribution in [2.45, 2.75) is 19.4 Å². The number of aliphatic imine (C=N–C) groups is 1. The van der Waals surface area contributed by atoms with Crippen molar-refractivity contribution in [3.8, 4) is 5.75 Å². The number of ether oxygens (including phenoxy) is 1. The van der Waals surface area contributed by atoms with Crippen molar-refractivity contribution in [3.05, 3.63) is 45.9 Å². The zero-order valence-corrected chi connectivity index (χ0v) is 15.7. The Hall–Kier alpha value is -2.61. The Kier molecular flexibility index (Phi) is 6.06. The topological polar surface area (TPSA) is 87.6 Å². The molecule has 1 aliphatic heterocycles. The molecule has 26 heavy (non-hydrogen) atoms. The van der Waals surface area contributed by atoms with Crippen molar-refractivity contribution in [2.75, 3.05) is 26.7 Å². The molecule has 1 unspecified atom stereocenters. The fourth-order valence-corrected chi connectivity index (χ4v) is 3.47. The van der Waals surface area contributed by atoms with Crippen LogP contribution in [0.1, 0.15) is 20.9 Å². The Balaban J connectivity index is 1.35. The van der Waals surface area contributed by atoms with Gasteiger partial charge in [-0.3, -0.25) is 9.79 Å². The number of benzene rings is 1. The maximum Gasteiger partial charge on any atom is 0.263 e. The first-order valence-electron chi connectivity index (χ1n) is 8.54. The number of nitrogens with zero attached hydrogens (tertiary/aromatic N) is 2. The summed E-state index contributed by atoms with van der Waals surface area (Å²) in [6, 6.07) is 8.10. The molecule has 0 spiro atoms. The number of guanidine groups is 1.